The topological polar surface area (TPSA) is 131 Å². The number of aromatic nitrogens is 3. The van der Waals surface area contributed by atoms with Gasteiger partial charge in [0.2, 0.25) is 11.7 Å². The van der Waals surface area contributed by atoms with Crippen LogP contribution in [0.4, 0.5) is 10.6 Å². The monoisotopic (exact) mass is 494 g/mol. The molecule has 188 valence electrons. The Labute approximate surface area is 207 Å². The average molecular weight is 495 g/mol. The van der Waals surface area contributed by atoms with Crippen LogP contribution >= 0.6 is 0 Å². The lowest BCUT2D eigenvalue weighted by Gasteiger charge is -2.35. The molecule has 3 aliphatic heterocycles. The van der Waals surface area contributed by atoms with Gasteiger partial charge in [-0.25, -0.2) is 14.4 Å². The minimum atomic E-state index is -0.763. The standard InChI is InChI=1S/C23H28N9O4/c1-14(2)21-26-19(27-36-21)15-5-6-16(24-11-15)30-7-9-31(10-8-30)17(33)12-32-13-25-20-18(32)22(34)29(4)23(35)28(20)3/h5-6,11,13-14,18H,7-10,12H2,1-4H3/q+1. The Morgan fingerprint density at radius 1 is 1.14 bits per heavy atom. The van der Waals surface area contributed by atoms with Crippen molar-refractivity contribution in [2.75, 3.05) is 51.7 Å². The molecule has 4 amide bonds. The van der Waals surface area contributed by atoms with Gasteiger partial charge < -0.3 is 14.3 Å². The van der Waals surface area contributed by atoms with Gasteiger partial charge in [0.1, 0.15) is 5.82 Å². The van der Waals surface area contributed by atoms with Crippen molar-refractivity contribution >= 4 is 35.8 Å². The van der Waals surface area contributed by atoms with Gasteiger partial charge >= 0.3 is 6.03 Å². The number of imide groups is 1. The molecule has 2 aromatic heterocycles. The summed E-state index contributed by atoms with van der Waals surface area (Å²) in [6, 6.07) is 2.63. The summed E-state index contributed by atoms with van der Waals surface area (Å²) in [5, 5.41) is 4.02. The summed E-state index contributed by atoms with van der Waals surface area (Å²) in [5.74, 6) is 1.93. The highest BCUT2D eigenvalue weighted by atomic mass is 16.5. The molecule has 1 atom stereocenters. The lowest BCUT2D eigenvalue weighted by molar-refractivity contribution is -0.520. The normalized spacial score (nSPS) is 20.2. The second kappa shape index (κ2) is 9.13. The van der Waals surface area contributed by atoms with Gasteiger partial charge in [-0.3, -0.25) is 19.4 Å². The van der Waals surface area contributed by atoms with E-state index in [0.29, 0.717) is 43.7 Å². The van der Waals surface area contributed by atoms with Crippen molar-refractivity contribution in [3.63, 3.8) is 0 Å². The number of pyridine rings is 1. The smallest absolute Gasteiger partial charge is 0.333 e. The van der Waals surface area contributed by atoms with E-state index in [4.69, 9.17) is 4.52 Å². The molecule has 0 aromatic carbocycles. The predicted octanol–water partition coefficient (Wildman–Crippen LogP) is 0.249. The number of urea groups is 1. The van der Waals surface area contributed by atoms with Gasteiger partial charge in [-0.15, -0.1) is 0 Å². The quantitative estimate of drug-likeness (QED) is 0.541. The van der Waals surface area contributed by atoms with Crippen molar-refractivity contribution in [3.8, 4) is 11.4 Å². The van der Waals surface area contributed by atoms with E-state index in [9.17, 15) is 14.4 Å². The number of amidine groups is 1. The van der Waals surface area contributed by atoms with Crippen LogP contribution in [0.3, 0.4) is 0 Å². The summed E-state index contributed by atoms with van der Waals surface area (Å²) >= 11 is 0. The van der Waals surface area contributed by atoms with Crippen molar-refractivity contribution < 1.29 is 23.5 Å². The maximum Gasteiger partial charge on any atom is 0.333 e. The fourth-order valence-corrected chi connectivity index (χ4v) is 4.41. The SMILES string of the molecule is CC(C)c1nc(-c2ccc(N3CCN(C(=O)C[N+]4=CN=C5C4C(=O)N(C)C(=O)N5C)CC3)nc2)no1. The van der Waals surface area contributed by atoms with Gasteiger partial charge in [0, 0.05) is 58.0 Å². The Kier molecular flexibility index (Phi) is 5.98. The molecule has 1 unspecified atom stereocenters. The van der Waals surface area contributed by atoms with Crippen molar-refractivity contribution in [1.82, 2.24) is 29.8 Å². The highest BCUT2D eigenvalue weighted by Crippen LogP contribution is 2.22. The molecular weight excluding hydrogens is 466 g/mol. The first-order valence-corrected chi connectivity index (χ1v) is 11.8. The molecule has 0 bridgehead atoms. The van der Waals surface area contributed by atoms with Crippen LogP contribution in [0.25, 0.3) is 11.4 Å². The highest BCUT2D eigenvalue weighted by molar-refractivity contribution is 6.21. The molecule has 2 saturated heterocycles. The number of hydrogen-bond donors (Lipinski definition) is 0. The number of piperazine rings is 1. The number of aliphatic imine (C=N–C) groups is 1. The number of nitrogens with zero attached hydrogens (tertiary/aromatic N) is 9. The molecule has 13 heteroatoms. The minimum Gasteiger partial charge on any atom is -0.353 e. The average Bonchev–Trinajstić information content (AvgIpc) is 3.55. The summed E-state index contributed by atoms with van der Waals surface area (Å²) in [6.45, 7) is 6.32. The van der Waals surface area contributed by atoms with Crippen LogP contribution in [0.1, 0.15) is 25.7 Å². The third kappa shape index (κ3) is 4.10. The maximum absolute atomic E-state index is 13.0. The number of carbonyl (C=O) groups excluding carboxylic acids is 3. The van der Waals surface area contributed by atoms with Crippen molar-refractivity contribution in [2.24, 2.45) is 4.99 Å². The van der Waals surface area contributed by atoms with Gasteiger partial charge in [-0.1, -0.05) is 19.0 Å². The second-order valence-electron chi connectivity index (χ2n) is 9.30. The third-order valence-corrected chi connectivity index (χ3v) is 6.61. The van der Waals surface area contributed by atoms with Crippen LogP contribution in [0, 0.1) is 0 Å². The molecule has 2 fully saturated rings. The van der Waals surface area contributed by atoms with Gasteiger partial charge in [0.15, 0.2) is 6.54 Å². The first kappa shape index (κ1) is 23.6. The van der Waals surface area contributed by atoms with E-state index in [2.05, 4.69) is 25.0 Å². The summed E-state index contributed by atoms with van der Waals surface area (Å²) in [4.78, 5) is 57.3. The summed E-state index contributed by atoms with van der Waals surface area (Å²) < 4.78 is 6.86. The van der Waals surface area contributed by atoms with Gasteiger partial charge in [-0.05, 0) is 17.1 Å². The molecule has 0 aliphatic carbocycles. The third-order valence-electron chi connectivity index (χ3n) is 6.61. The van der Waals surface area contributed by atoms with E-state index in [-0.39, 0.29) is 24.3 Å². The number of hydrogen-bond acceptors (Lipinski definition) is 9. The van der Waals surface area contributed by atoms with Gasteiger partial charge in [-0.2, -0.15) is 4.98 Å². The first-order valence-electron chi connectivity index (χ1n) is 11.8. The minimum absolute atomic E-state index is 0.00922. The molecule has 5 heterocycles. The number of amides is 4. The van der Waals surface area contributed by atoms with Crippen molar-refractivity contribution in [2.45, 2.75) is 25.8 Å². The van der Waals surface area contributed by atoms with Gasteiger partial charge in [0.05, 0.1) is 0 Å². The fourth-order valence-electron chi connectivity index (χ4n) is 4.41. The lowest BCUT2D eigenvalue weighted by atomic mass is 10.1. The second-order valence-corrected chi connectivity index (χ2v) is 9.30. The Morgan fingerprint density at radius 3 is 2.53 bits per heavy atom. The van der Waals surface area contributed by atoms with E-state index in [1.165, 1.54) is 18.3 Å². The van der Waals surface area contributed by atoms with E-state index in [0.717, 1.165) is 16.3 Å². The summed E-state index contributed by atoms with van der Waals surface area (Å²) in [5.41, 5.74) is 0.780. The molecule has 0 saturated carbocycles. The van der Waals surface area contributed by atoms with Crippen LogP contribution in [0.5, 0.6) is 0 Å². The molecule has 0 spiro atoms. The summed E-state index contributed by atoms with van der Waals surface area (Å²) in [6.07, 6.45) is 3.19. The van der Waals surface area contributed by atoms with E-state index in [1.54, 1.807) is 22.7 Å². The number of rotatable bonds is 5. The largest absolute Gasteiger partial charge is 0.353 e. The Balaban J connectivity index is 1.17. The van der Waals surface area contributed by atoms with Crippen LogP contribution in [0.2, 0.25) is 0 Å². The predicted molar refractivity (Wildman–Crippen MR) is 129 cm³/mol. The van der Waals surface area contributed by atoms with Gasteiger partial charge in [0.25, 0.3) is 30.0 Å². The maximum atomic E-state index is 13.0. The first-order chi connectivity index (χ1) is 17.2. The lowest BCUT2D eigenvalue weighted by Crippen LogP contribution is -2.62. The molecule has 13 nitrogen and oxygen atoms in total. The van der Waals surface area contributed by atoms with E-state index in [1.807, 2.05) is 26.0 Å². The van der Waals surface area contributed by atoms with Crippen molar-refractivity contribution in [3.05, 3.63) is 24.2 Å². The molecule has 2 aromatic rings. The van der Waals surface area contributed by atoms with Crippen LogP contribution in [-0.2, 0) is 9.59 Å². The van der Waals surface area contributed by atoms with E-state index < -0.39 is 12.1 Å². The zero-order valence-corrected chi connectivity index (χ0v) is 20.7. The number of likely N-dealkylation sites (N-methyl/N-ethyl adjacent to an activating group) is 2. The zero-order valence-electron chi connectivity index (χ0n) is 20.7. The number of anilines is 1. The fraction of sp³-hybridized carbons (Fsp3) is 0.478. The molecule has 36 heavy (non-hydrogen) atoms. The summed E-state index contributed by atoms with van der Waals surface area (Å²) in [7, 11) is 3.00. The Hall–Kier alpha value is -4.16. The zero-order chi connectivity index (χ0) is 25.6. The van der Waals surface area contributed by atoms with Crippen molar-refractivity contribution in [1.29, 1.82) is 0 Å². The Morgan fingerprint density at radius 2 is 1.89 bits per heavy atom. The number of carbonyl (C=O) groups is 3. The molecule has 3 aliphatic rings. The van der Waals surface area contributed by atoms with E-state index >= 15 is 0 Å². The molecular formula is C23H28N9O4+. The van der Waals surface area contributed by atoms with Crippen LogP contribution in [-0.4, -0.2) is 117 Å². The Bertz CT molecular complexity index is 1260. The number of fused-ring (bicyclic) bond motifs is 1. The van der Waals surface area contributed by atoms with Crippen LogP contribution < -0.4 is 4.90 Å². The molecule has 5 rings (SSSR count). The van der Waals surface area contributed by atoms with Crippen LogP contribution in [0.15, 0.2) is 27.8 Å². The molecule has 0 radical (unpaired) electrons. The molecule has 0 N–H and O–H groups in total. The highest BCUT2D eigenvalue weighted by Gasteiger charge is 2.51.